The first-order chi connectivity index (χ1) is 13.1. The third kappa shape index (κ3) is 5.07. The standard InChI is InChI=1S/C20H30N6O/c1-4-26-15-22-23-19(26)14-24(3)20(27)21-11-17-9-10-25(12-17)13-18-8-6-5-7-16(18)2/h5-8,15,17H,4,9-14H2,1-3H3,(H,21,27). The van der Waals surface area contributed by atoms with Gasteiger partial charge in [0.2, 0.25) is 0 Å². The van der Waals surface area contributed by atoms with Crippen molar-refractivity contribution in [3.63, 3.8) is 0 Å². The Hall–Kier alpha value is -2.41. The first-order valence-corrected chi connectivity index (χ1v) is 9.69. The van der Waals surface area contributed by atoms with E-state index in [1.165, 1.54) is 11.1 Å². The first kappa shape index (κ1) is 19.4. The highest BCUT2D eigenvalue weighted by atomic mass is 16.2. The third-order valence-corrected chi connectivity index (χ3v) is 5.33. The van der Waals surface area contributed by atoms with Crippen molar-refractivity contribution in [3.8, 4) is 0 Å². The predicted molar refractivity (Wildman–Crippen MR) is 105 cm³/mol. The van der Waals surface area contributed by atoms with Gasteiger partial charge in [0.25, 0.3) is 0 Å². The molecule has 3 rings (SSSR count). The average molecular weight is 371 g/mol. The molecule has 0 bridgehead atoms. The van der Waals surface area contributed by atoms with E-state index in [4.69, 9.17) is 0 Å². The van der Waals surface area contributed by atoms with Crippen molar-refractivity contribution in [2.24, 2.45) is 5.92 Å². The van der Waals surface area contributed by atoms with Gasteiger partial charge in [-0.1, -0.05) is 24.3 Å². The Morgan fingerprint density at radius 2 is 2.19 bits per heavy atom. The smallest absolute Gasteiger partial charge is 0.317 e. The quantitative estimate of drug-likeness (QED) is 0.812. The summed E-state index contributed by atoms with van der Waals surface area (Å²) in [5, 5.41) is 11.1. The fraction of sp³-hybridized carbons (Fsp3) is 0.550. The van der Waals surface area contributed by atoms with E-state index in [1.807, 2.05) is 11.5 Å². The number of amides is 2. The number of hydrogen-bond donors (Lipinski definition) is 1. The number of carbonyl (C=O) groups excluding carboxylic acids is 1. The molecule has 1 aromatic carbocycles. The zero-order chi connectivity index (χ0) is 19.2. The fourth-order valence-electron chi connectivity index (χ4n) is 3.57. The molecule has 146 valence electrons. The monoisotopic (exact) mass is 370 g/mol. The molecule has 1 fully saturated rings. The Morgan fingerprint density at radius 3 is 2.96 bits per heavy atom. The van der Waals surface area contributed by atoms with Crippen molar-refractivity contribution >= 4 is 6.03 Å². The van der Waals surface area contributed by atoms with E-state index in [0.29, 0.717) is 19.0 Å². The van der Waals surface area contributed by atoms with E-state index in [-0.39, 0.29) is 6.03 Å². The van der Waals surface area contributed by atoms with Gasteiger partial charge in [-0.15, -0.1) is 10.2 Å². The van der Waals surface area contributed by atoms with E-state index in [2.05, 4.69) is 51.6 Å². The van der Waals surface area contributed by atoms with Gasteiger partial charge in [-0.05, 0) is 43.9 Å². The largest absolute Gasteiger partial charge is 0.338 e. The lowest BCUT2D eigenvalue weighted by atomic mass is 10.1. The molecule has 0 spiro atoms. The van der Waals surface area contributed by atoms with Crippen LogP contribution in [0, 0.1) is 12.8 Å². The maximum Gasteiger partial charge on any atom is 0.317 e. The highest BCUT2D eigenvalue weighted by Crippen LogP contribution is 2.19. The van der Waals surface area contributed by atoms with Crippen LogP contribution in [0.3, 0.4) is 0 Å². The second kappa shape index (κ2) is 8.99. The highest BCUT2D eigenvalue weighted by Gasteiger charge is 2.23. The van der Waals surface area contributed by atoms with Crippen LogP contribution in [0.4, 0.5) is 4.79 Å². The van der Waals surface area contributed by atoms with Crippen LogP contribution in [0.1, 0.15) is 30.3 Å². The van der Waals surface area contributed by atoms with Crippen LogP contribution < -0.4 is 5.32 Å². The molecule has 0 radical (unpaired) electrons. The van der Waals surface area contributed by atoms with Gasteiger partial charge in [0.05, 0.1) is 6.54 Å². The van der Waals surface area contributed by atoms with Gasteiger partial charge in [-0.25, -0.2) is 4.79 Å². The van der Waals surface area contributed by atoms with Crippen LogP contribution in [-0.2, 0) is 19.6 Å². The minimum Gasteiger partial charge on any atom is -0.338 e. The molecule has 0 saturated carbocycles. The number of nitrogens with one attached hydrogen (secondary N) is 1. The van der Waals surface area contributed by atoms with Gasteiger partial charge in [0.15, 0.2) is 5.82 Å². The number of carbonyl (C=O) groups is 1. The number of aryl methyl sites for hydroxylation is 2. The molecule has 1 aliphatic rings. The summed E-state index contributed by atoms with van der Waals surface area (Å²) in [4.78, 5) is 16.5. The maximum absolute atomic E-state index is 12.4. The number of aromatic nitrogens is 3. The van der Waals surface area contributed by atoms with Crippen molar-refractivity contribution in [1.82, 2.24) is 29.9 Å². The topological polar surface area (TPSA) is 66.3 Å². The number of benzene rings is 1. The van der Waals surface area contributed by atoms with Gasteiger partial charge < -0.3 is 14.8 Å². The maximum atomic E-state index is 12.4. The molecule has 7 heteroatoms. The van der Waals surface area contributed by atoms with Gasteiger partial charge in [0.1, 0.15) is 6.33 Å². The third-order valence-electron chi connectivity index (χ3n) is 5.33. The molecule has 2 heterocycles. The molecule has 0 aliphatic carbocycles. The van der Waals surface area contributed by atoms with Crippen LogP contribution in [-0.4, -0.2) is 57.3 Å². The predicted octanol–water partition coefficient (Wildman–Crippen LogP) is 2.27. The molecule has 1 N–H and O–H groups in total. The second-order valence-corrected chi connectivity index (χ2v) is 7.39. The molecule has 7 nitrogen and oxygen atoms in total. The first-order valence-electron chi connectivity index (χ1n) is 9.69. The molecule has 2 amide bonds. The van der Waals surface area contributed by atoms with Gasteiger partial charge in [-0.2, -0.15) is 0 Å². The molecule has 27 heavy (non-hydrogen) atoms. The summed E-state index contributed by atoms with van der Waals surface area (Å²) in [5.41, 5.74) is 2.73. The van der Waals surface area contributed by atoms with E-state index in [9.17, 15) is 4.79 Å². The molecule has 1 atom stereocenters. The Labute approximate surface area is 161 Å². The van der Waals surface area contributed by atoms with E-state index >= 15 is 0 Å². The second-order valence-electron chi connectivity index (χ2n) is 7.39. The Kier molecular flexibility index (Phi) is 6.45. The molecular formula is C20H30N6O. The number of rotatable bonds is 7. The van der Waals surface area contributed by atoms with Crippen LogP contribution in [0.2, 0.25) is 0 Å². The SMILES string of the molecule is CCn1cnnc1CN(C)C(=O)NCC1CCN(Cc2ccccc2C)C1. The average Bonchev–Trinajstić information content (AvgIpc) is 3.30. The highest BCUT2D eigenvalue weighted by molar-refractivity contribution is 5.73. The van der Waals surface area contributed by atoms with Crippen molar-refractivity contribution in [2.45, 2.75) is 39.9 Å². The lowest BCUT2D eigenvalue weighted by molar-refractivity contribution is 0.203. The summed E-state index contributed by atoms with van der Waals surface area (Å²) in [6.45, 7) is 9.29. The van der Waals surface area contributed by atoms with Crippen LogP contribution in [0.15, 0.2) is 30.6 Å². The molecule has 2 aromatic rings. The number of likely N-dealkylation sites (tertiary alicyclic amines) is 1. The summed E-state index contributed by atoms with van der Waals surface area (Å²) in [5.74, 6) is 1.31. The lowest BCUT2D eigenvalue weighted by Crippen LogP contribution is -2.40. The Morgan fingerprint density at radius 1 is 1.37 bits per heavy atom. The van der Waals surface area contributed by atoms with E-state index < -0.39 is 0 Å². The van der Waals surface area contributed by atoms with Crippen molar-refractivity contribution in [1.29, 1.82) is 0 Å². The molecule has 1 saturated heterocycles. The summed E-state index contributed by atoms with van der Waals surface area (Å²) in [7, 11) is 1.79. The number of urea groups is 1. The van der Waals surface area contributed by atoms with Gasteiger partial charge in [-0.3, -0.25) is 4.90 Å². The molecule has 1 aliphatic heterocycles. The minimum atomic E-state index is -0.0574. The minimum absolute atomic E-state index is 0.0574. The number of hydrogen-bond acceptors (Lipinski definition) is 4. The Bertz CT molecular complexity index is 758. The van der Waals surface area contributed by atoms with Crippen molar-refractivity contribution in [3.05, 3.63) is 47.5 Å². The van der Waals surface area contributed by atoms with Crippen LogP contribution in [0.5, 0.6) is 0 Å². The van der Waals surface area contributed by atoms with Crippen molar-refractivity contribution in [2.75, 3.05) is 26.7 Å². The van der Waals surface area contributed by atoms with E-state index in [0.717, 1.165) is 38.4 Å². The van der Waals surface area contributed by atoms with Crippen LogP contribution >= 0.6 is 0 Å². The Balaban J connectivity index is 1.42. The molecule has 1 aromatic heterocycles. The summed E-state index contributed by atoms with van der Waals surface area (Å²) >= 11 is 0. The van der Waals surface area contributed by atoms with Crippen molar-refractivity contribution < 1.29 is 4.79 Å². The molecular weight excluding hydrogens is 340 g/mol. The van der Waals surface area contributed by atoms with Gasteiger partial charge in [0, 0.05) is 33.2 Å². The lowest BCUT2D eigenvalue weighted by Gasteiger charge is -2.20. The summed E-state index contributed by atoms with van der Waals surface area (Å²) in [6.07, 6.45) is 2.82. The van der Waals surface area contributed by atoms with Crippen LogP contribution in [0.25, 0.3) is 0 Å². The van der Waals surface area contributed by atoms with Gasteiger partial charge >= 0.3 is 6.03 Å². The van der Waals surface area contributed by atoms with E-state index in [1.54, 1.807) is 18.3 Å². The number of nitrogens with zero attached hydrogens (tertiary/aromatic N) is 5. The normalized spacial score (nSPS) is 17.2. The molecule has 1 unspecified atom stereocenters. The zero-order valence-electron chi connectivity index (χ0n) is 16.6. The fourth-order valence-corrected chi connectivity index (χ4v) is 3.57. The zero-order valence-corrected chi connectivity index (χ0v) is 16.6. The summed E-state index contributed by atoms with van der Waals surface area (Å²) < 4.78 is 1.95. The summed E-state index contributed by atoms with van der Waals surface area (Å²) in [6, 6.07) is 8.50.